The van der Waals surface area contributed by atoms with Crippen LogP contribution in [0.3, 0.4) is 0 Å². The minimum absolute atomic E-state index is 0.559. The molecule has 0 aromatic carbocycles. The highest BCUT2D eigenvalue weighted by Gasteiger charge is 2.12. The van der Waals surface area contributed by atoms with Crippen molar-refractivity contribution in [3.05, 3.63) is 12.7 Å². The van der Waals surface area contributed by atoms with Crippen LogP contribution in [0, 0.1) is 0 Å². The van der Waals surface area contributed by atoms with E-state index in [0.717, 1.165) is 13.0 Å². The van der Waals surface area contributed by atoms with Gasteiger partial charge in [-0.2, -0.15) is 0 Å². The standard InChI is InChI=1S/C10H18O/c1-2-3-9-11-10-7-5-4-6-8-10/h2,10H,1,3-9H2. The summed E-state index contributed by atoms with van der Waals surface area (Å²) < 4.78 is 5.65. The summed E-state index contributed by atoms with van der Waals surface area (Å²) in [5, 5.41) is 0. The van der Waals surface area contributed by atoms with E-state index in [9.17, 15) is 0 Å². The Morgan fingerprint density at radius 2 is 2.00 bits per heavy atom. The summed E-state index contributed by atoms with van der Waals surface area (Å²) in [5.41, 5.74) is 0. The molecule has 0 spiro atoms. The molecule has 1 fully saturated rings. The van der Waals surface area contributed by atoms with Gasteiger partial charge in [0.15, 0.2) is 0 Å². The number of ether oxygens (including phenoxy) is 1. The van der Waals surface area contributed by atoms with Crippen molar-refractivity contribution in [2.75, 3.05) is 6.61 Å². The molecular formula is C10H18O. The Balaban J connectivity index is 2.00. The average Bonchev–Trinajstić information content (AvgIpc) is 2.07. The fourth-order valence-electron chi connectivity index (χ4n) is 1.55. The Kier molecular flexibility index (Phi) is 4.29. The van der Waals surface area contributed by atoms with Crippen LogP contribution < -0.4 is 0 Å². The minimum atomic E-state index is 0.559. The van der Waals surface area contributed by atoms with Gasteiger partial charge in [-0.3, -0.25) is 0 Å². The molecule has 0 amide bonds. The third-order valence-corrected chi connectivity index (χ3v) is 2.23. The molecule has 1 heteroatoms. The lowest BCUT2D eigenvalue weighted by atomic mass is 9.98. The van der Waals surface area contributed by atoms with E-state index in [2.05, 4.69) is 6.58 Å². The second-order valence-electron chi connectivity index (χ2n) is 3.21. The van der Waals surface area contributed by atoms with E-state index in [4.69, 9.17) is 4.74 Å². The highest BCUT2D eigenvalue weighted by atomic mass is 16.5. The van der Waals surface area contributed by atoms with E-state index in [1.54, 1.807) is 0 Å². The Morgan fingerprint density at radius 3 is 2.64 bits per heavy atom. The molecule has 0 aliphatic heterocycles. The maximum atomic E-state index is 5.65. The normalized spacial score (nSPS) is 20.0. The fourth-order valence-corrected chi connectivity index (χ4v) is 1.55. The molecule has 0 heterocycles. The van der Waals surface area contributed by atoms with Gasteiger partial charge in [-0.05, 0) is 19.3 Å². The molecule has 1 aliphatic rings. The Bertz CT molecular complexity index is 103. The molecule has 0 aromatic rings. The van der Waals surface area contributed by atoms with Crippen LogP contribution in [0.15, 0.2) is 12.7 Å². The third kappa shape index (κ3) is 3.57. The highest BCUT2D eigenvalue weighted by Crippen LogP contribution is 2.20. The van der Waals surface area contributed by atoms with Gasteiger partial charge in [-0.1, -0.05) is 25.3 Å². The predicted molar refractivity (Wildman–Crippen MR) is 47.6 cm³/mol. The Morgan fingerprint density at radius 1 is 1.27 bits per heavy atom. The van der Waals surface area contributed by atoms with Crippen molar-refractivity contribution < 1.29 is 4.74 Å². The molecule has 0 aromatic heterocycles. The van der Waals surface area contributed by atoms with Crippen LogP contribution in [0.5, 0.6) is 0 Å². The maximum absolute atomic E-state index is 5.65. The largest absolute Gasteiger partial charge is 0.378 e. The SMILES string of the molecule is C=CCCOC1CCCCC1. The molecule has 0 saturated heterocycles. The van der Waals surface area contributed by atoms with Crippen molar-refractivity contribution in [3.63, 3.8) is 0 Å². The average molecular weight is 154 g/mol. The molecule has 1 nitrogen and oxygen atoms in total. The van der Waals surface area contributed by atoms with Crippen molar-refractivity contribution in [1.82, 2.24) is 0 Å². The zero-order valence-corrected chi connectivity index (χ0v) is 7.22. The molecule has 11 heavy (non-hydrogen) atoms. The van der Waals surface area contributed by atoms with E-state index in [-0.39, 0.29) is 0 Å². The number of hydrogen-bond acceptors (Lipinski definition) is 1. The lowest BCUT2D eigenvalue weighted by molar-refractivity contribution is 0.0313. The zero-order valence-electron chi connectivity index (χ0n) is 7.22. The molecule has 64 valence electrons. The lowest BCUT2D eigenvalue weighted by Gasteiger charge is -2.21. The summed E-state index contributed by atoms with van der Waals surface area (Å²) in [6.07, 6.45) is 10.1. The van der Waals surface area contributed by atoms with E-state index < -0.39 is 0 Å². The van der Waals surface area contributed by atoms with E-state index in [0.29, 0.717) is 6.10 Å². The quantitative estimate of drug-likeness (QED) is 0.447. The molecule has 1 aliphatic carbocycles. The van der Waals surface area contributed by atoms with E-state index >= 15 is 0 Å². The summed E-state index contributed by atoms with van der Waals surface area (Å²) in [6.45, 7) is 4.53. The second kappa shape index (κ2) is 5.36. The summed E-state index contributed by atoms with van der Waals surface area (Å²) in [5.74, 6) is 0. The van der Waals surface area contributed by atoms with Crippen LogP contribution in [-0.2, 0) is 4.74 Å². The van der Waals surface area contributed by atoms with E-state index in [1.807, 2.05) is 6.08 Å². The van der Waals surface area contributed by atoms with E-state index in [1.165, 1.54) is 32.1 Å². The summed E-state index contributed by atoms with van der Waals surface area (Å²) in [7, 11) is 0. The van der Waals surface area contributed by atoms with Gasteiger partial charge in [0.05, 0.1) is 12.7 Å². The van der Waals surface area contributed by atoms with Gasteiger partial charge in [0.25, 0.3) is 0 Å². The van der Waals surface area contributed by atoms with Gasteiger partial charge in [0, 0.05) is 0 Å². The predicted octanol–water partition coefficient (Wildman–Crippen LogP) is 2.91. The van der Waals surface area contributed by atoms with Gasteiger partial charge < -0.3 is 4.74 Å². The zero-order chi connectivity index (χ0) is 7.94. The van der Waals surface area contributed by atoms with Crippen molar-refractivity contribution in [2.45, 2.75) is 44.6 Å². The topological polar surface area (TPSA) is 9.23 Å². The first-order valence-electron chi connectivity index (χ1n) is 4.66. The monoisotopic (exact) mass is 154 g/mol. The summed E-state index contributed by atoms with van der Waals surface area (Å²) >= 11 is 0. The van der Waals surface area contributed by atoms with Gasteiger partial charge in [-0.25, -0.2) is 0 Å². The van der Waals surface area contributed by atoms with Gasteiger partial charge in [0.2, 0.25) is 0 Å². The van der Waals surface area contributed by atoms with Crippen molar-refractivity contribution in [2.24, 2.45) is 0 Å². The lowest BCUT2D eigenvalue weighted by Crippen LogP contribution is -2.16. The molecule has 0 unspecified atom stereocenters. The Labute approximate surface area is 69.4 Å². The molecule has 0 radical (unpaired) electrons. The van der Waals surface area contributed by atoms with Crippen molar-refractivity contribution in [3.8, 4) is 0 Å². The van der Waals surface area contributed by atoms with Gasteiger partial charge in [-0.15, -0.1) is 6.58 Å². The summed E-state index contributed by atoms with van der Waals surface area (Å²) in [4.78, 5) is 0. The van der Waals surface area contributed by atoms with Crippen LogP contribution in [0.2, 0.25) is 0 Å². The number of hydrogen-bond donors (Lipinski definition) is 0. The van der Waals surface area contributed by atoms with Crippen LogP contribution >= 0.6 is 0 Å². The highest BCUT2D eigenvalue weighted by molar-refractivity contribution is 4.68. The van der Waals surface area contributed by atoms with Crippen LogP contribution in [0.1, 0.15) is 38.5 Å². The van der Waals surface area contributed by atoms with Crippen LogP contribution in [0.25, 0.3) is 0 Å². The molecule has 1 rings (SSSR count). The van der Waals surface area contributed by atoms with Gasteiger partial charge in [0.1, 0.15) is 0 Å². The molecule has 0 atom stereocenters. The maximum Gasteiger partial charge on any atom is 0.0575 e. The molecule has 1 saturated carbocycles. The fraction of sp³-hybridized carbons (Fsp3) is 0.800. The van der Waals surface area contributed by atoms with Gasteiger partial charge >= 0.3 is 0 Å². The minimum Gasteiger partial charge on any atom is -0.378 e. The smallest absolute Gasteiger partial charge is 0.0575 e. The molecular weight excluding hydrogens is 136 g/mol. The molecule has 0 N–H and O–H groups in total. The summed E-state index contributed by atoms with van der Waals surface area (Å²) in [6, 6.07) is 0. The first-order chi connectivity index (χ1) is 5.43. The van der Waals surface area contributed by atoms with Crippen molar-refractivity contribution in [1.29, 1.82) is 0 Å². The third-order valence-electron chi connectivity index (χ3n) is 2.23. The van der Waals surface area contributed by atoms with Crippen molar-refractivity contribution >= 4 is 0 Å². The van der Waals surface area contributed by atoms with Crippen LogP contribution in [-0.4, -0.2) is 12.7 Å². The van der Waals surface area contributed by atoms with Crippen LogP contribution in [0.4, 0.5) is 0 Å². The number of rotatable bonds is 4. The first-order valence-corrected chi connectivity index (χ1v) is 4.66. The Hall–Kier alpha value is -0.300. The first kappa shape index (κ1) is 8.79. The molecule has 0 bridgehead atoms. The second-order valence-corrected chi connectivity index (χ2v) is 3.21.